The lowest BCUT2D eigenvalue weighted by Crippen LogP contribution is -2.59. The number of carbonyl (C=O) groups is 4. The first kappa shape index (κ1) is 40.2. The number of hydrogen-bond acceptors (Lipinski definition) is 12. The van der Waals surface area contributed by atoms with Crippen molar-refractivity contribution in [1.29, 1.82) is 0 Å². The number of aliphatic hydroxyl groups excluding tert-OH is 1. The zero-order valence-corrected chi connectivity index (χ0v) is 33.0. The van der Waals surface area contributed by atoms with Crippen molar-refractivity contribution in [1.82, 2.24) is 35.6 Å². The standard InChI is InChI=1S/C40H49N9O6S/c1-23(25-9-11-26(12-10-25)34-24(2)42-22-56-34)43-37(52)32-18-29(50)20-49(32)38(53)35(40(3,4)5)44-33(51)21-47-13-15-48(16-14-47)31-19-30(45-46-36(31)41)27-7-6-8-28(17-27)39(54)55/h6-12,17,19,22-23,29,32,35,50H,13-16,18,20-21H2,1-5H3,(H2,41,46)(H,43,52)(H,44,51)(H,54,55)/t23-,29+,32-,35+/m0/s1. The molecular formula is C40H49N9O6S. The Kier molecular flexibility index (Phi) is 12.0. The number of hydrogen-bond donors (Lipinski definition) is 5. The quantitative estimate of drug-likeness (QED) is 0.149. The average molecular weight is 784 g/mol. The van der Waals surface area contributed by atoms with Gasteiger partial charge in [-0.05, 0) is 48.6 Å². The minimum atomic E-state index is -1.04. The molecule has 2 fully saturated rings. The van der Waals surface area contributed by atoms with E-state index in [1.54, 1.807) is 29.5 Å². The minimum Gasteiger partial charge on any atom is -0.478 e. The summed E-state index contributed by atoms with van der Waals surface area (Å²) in [4.78, 5) is 63.7. The van der Waals surface area contributed by atoms with Crippen LogP contribution in [0.3, 0.4) is 0 Å². The van der Waals surface area contributed by atoms with Crippen LogP contribution in [0.25, 0.3) is 21.7 Å². The van der Waals surface area contributed by atoms with Crippen molar-refractivity contribution in [3.8, 4) is 21.7 Å². The molecular weight excluding hydrogens is 735 g/mol. The Balaban J connectivity index is 1.05. The van der Waals surface area contributed by atoms with Crippen LogP contribution in [0.5, 0.6) is 0 Å². The first-order chi connectivity index (χ1) is 26.6. The monoisotopic (exact) mass is 783 g/mol. The van der Waals surface area contributed by atoms with Gasteiger partial charge in [-0.1, -0.05) is 57.2 Å². The molecule has 15 nitrogen and oxygen atoms in total. The number of aromatic carboxylic acids is 1. The third kappa shape index (κ3) is 9.15. The fraction of sp³-hybridized carbons (Fsp3) is 0.425. The number of carbonyl (C=O) groups excluding carboxylic acids is 3. The molecule has 0 aliphatic carbocycles. The van der Waals surface area contributed by atoms with Gasteiger partial charge >= 0.3 is 5.97 Å². The van der Waals surface area contributed by atoms with Crippen LogP contribution in [0.15, 0.2) is 60.1 Å². The highest BCUT2D eigenvalue weighted by atomic mass is 32.1. The van der Waals surface area contributed by atoms with Crippen molar-refractivity contribution in [3.63, 3.8) is 0 Å². The molecule has 16 heteroatoms. The molecule has 2 aromatic carbocycles. The van der Waals surface area contributed by atoms with Gasteiger partial charge in [0.2, 0.25) is 17.7 Å². The first-order valence-corrected chi connectivity index (χ1v) is 19.5. The van der Waals surface area contributed by atoms with Crippen LogP contribution < -0.4 is 21.3 Å². The molecule has 296 valence electrons. The van der Waals surface area contributed by atoms with Gasteiger partial charge in [-0.3, -0.25) is 19.3 Å². The number of piperazine rings is 1. The molecule has 2 aromatic heterocycles. The average Bonchev–Trinajstić information content (AvgIpc) is 3.79. The number of nitrogens with zero attached hydrogens (tertiary/aromatic N) is 6. The molecule has 2 aliphatic heterocycles. The van der Waals surface area contributed by atoms with Crippen LogP contribution in [0, 0.1) is 12.3 Å². The van der Waals surface area contributed by atoms with E-state index < -0.39 is 35.5 Å². The number of nitrogen functional groups attached to an aromatic ring is 1. The maximum Gasteiger partial charge on any atom is 0.335 e. The second-order valence-electron chi connectivity index (χ2n) is 15.5. The zero-order chi connectivity index (χ0) is 40.3. The summed E-state index contributed by atoms with van der Waals surface area (Å²) >= 11 is 1.57. The van der Waals surface area contributed by atoms with Gasteiger partial charge in [0.25, 0.3) is 0 Å². The number of aliphatic hydroxyl groups is 1. The second-order valence-corrected chi connectivity index (χ2v) is 16.4. The summed E-state index contributed by atoms with van der Waals surface area (Å²) < 4.78 is 0. The van der Waals surface area contributed by atoms with Gasteiger partial charge in [-0.25, -0.2) is 9.78 Å². The number of nitrogens with two attached hydrogens (primary N) is 1. The third-order valence-electron chi connectivity index (χ3n) is 10.3. The number of anilines is 2. The van der Waals surface area contributed by atoms with E-state index in [0.29, 0.717) is 43.1 Å². The molecule has 4 atom stereocenters. The van der Waals surface area contributed by atoms with Crippen LogP contribution in [0.2, 0.25) is 0 Å². The number of nitrogens with one attached hydrogen (secondary N) is 2. The summed E-state index contributed by atoms with van der Waals surface area (Å²) in [7, 11) is 0. The topological polar surface area (TPSA) is 207 Å². The Morgan fingerprint density at radius 1 is 0.982 bits per heavy atom. The van der Waals surface area contributed by atoms with E-state index in [2.05, 4.69) is 25.8 Å². The van der Waals surface area contributed by atoms with E-state index in [4.69, 9.17) is 5.73 Å². The van der Waals surface area contributed by atoms with Gasteiger partial charge in [0.1, 0.15) is 12.1 Å². The Morgan fingerprint density at radius 2 is 1.70 bits per heavy atom. The van der Waals surface area contributed by atoms with E-state index in [9.17, 15) is 29.4 Å². The number of rotatable bonds is 11. The van der Waals surface area contributed by atoms with Crippen molar-refractivity contribution in [2.45, 2.75) is 65.3 Å². The summed E-state index contributed by atoms with van der Waals surface area (Å²) in [5.41, 5.74) is 12.1. The van der Waals surface area contributed by atoms with Crippen molar-refractivity contribution in [2.75, 3.05) is 49.9 Å². The van der Waals surface area contributed by atoms with E-state index >= 15 is 0 Å². The van der Waals surface area contributed by atoms with Crippen LogP contribution in [-0.2, 0) is 14.4 Å². The molecule has 0 saturated carbocycles. The summed E-state index contributed by atoms with van der Waals surface area (Å²) in [5.74, 6) is -1.92. The number of carboxylic acid groups (broad SMARTS) is 1. The molecule has 0 bridgehead atoms. The van der Waals surface area contributed by atoms with Gasteiger partial charge < -0.3 is 36.4 Å². The SMILES string of the molecule is Cc1ncsc1-c1ccc([C@H](C)NC(=O)[C@@H]2C[C@@H](O)CN2C(=O)[C@@H](NC(=O)CN2CCN(c3cc(-c4cccc(C(=O)O)c4)nnc3N)CC2)C(C)(C)C)cc1. The van der Waals surface area contributed by atoms with Gasteiger partial charge in [0.05, 0.1) is 51.7 Å². The Labute approximate surface area is 329 Å². The summed E-state index contributed by atoms with van der Waals surface area (Å²) in [6.45, 7) is 11.6. The Hall–Kier alpha value is -5.45. The second kappa shape index (κ2) is 16.7. The number of benzene rings is 2. The molecule has 3 amide bonds. The number of aromatic nitrogens is 3. The van der Waals surface area contributed by atoms with Crippen LogP contribution in [0.1, 0.15) is 61.8 Å². The molecule has 2 saturated heterocycles. The fourth-order valence-electron chi connectivity index (χ4n) is 7.17. The lowest BCUT2D eigenvalue weighted by Gasteiger charge is -2.38. The molecule has 2 aliphatic rings. The largest absolute Gasteiger partial charge is 0.478 e. The number of likely N-dealkylation sites (tertiary alicyclic amines) is 1. The Bertz CT molecular complexity index is 2080. The number of thiazole rings is 1. The molecule has 4 aromatic rings. The van der Waals surface area contributed by atoms with Gasteiger partial charge in [-0.2, -0.15) is 0 Å². The molecule has 6 rings (SSSR count). The fourth-order valence-corrected chi connectivity index (χ4v) is 7.98. The molecule has 0 spiro atoms. The zero-order valence-electron chi connectivity index (χ0n) is 32.2. The molecule has 4 heterocycles. The highest BCUT2D eigenvalue weighted by molar-refractivity contribution is 7.13. The number of amides is 3. The summed E-state index contributed by atoms with van der Waals surface area (Å²) in [6, 6.07) is 14.0. The summed E-state index contributed by atoms with van der Waals surface area (Å²) in [5, 5.41) is 34.3. The van der Waals surface area contributed by atoms with Crippen molar-refractivity contribution in [3.05, 3.63) is 76.9 Å². The third-order valence-corrected chi connectivity index (χ3v) is 11.3. The van der Waals surface area contributed by atoms with E-state index in [1.165, 1.54) is 17.0 Å². The van der Waals surface area contributed by atoms with Gasteiger partial charge in [0, 0.05) is 44.7 Å². The Morgan fingerprint density at radius 3 is 2.34 bits per heavy atom. The predicted octanol–water partition coefficient (Wildman–Crippen LogP) is 3.35. The number of β-amino-alcohol motifs (C(OH)–C–C–N with tert-alkyl or cyclic N) is 1. The maximum absolute atomic E-state index is 14.2. The van der Waals surface area contributed by atoms with Gasteiger partial charge in [-0.15, -0.1) is 21.5 Å². The van der Waals surface area contributed by atoms with Crippen molar-refractivity contribution < 1.29 is 29.4 Å². The van der Waals surface area contributed by atoms with E-state index in [1.807, 2.05) is 74.2 Å². The van der Waals surface area contributed by atoms with E-state index in [0.717, 1.165) is 21.7 Å². The van der Waals surface area contributed by atoms with Crippen LogP contribution >= 0.6 is 11.3 Å². The van der Waals surface area contributed by atoms with Crippen molar-refractivity contribution >= 4 is 46.5 Å². The number of carboxylic acids is 1. The molecule has 6 N–H and O–H groups in total. The molecule has 0 radical (unpaired) electrons. The van der Waals surface area contributed by atoms with E-state index in [-0.39, 0.29) is 48.7 Å². The number of aryl methyl sites for hydroxylation is 1. The summed E-state index contributed by atoms with van der Waals surface area (Å²) in [6.07, 6.45) is -0.786. The smallest absolute Gasteiger partial charge is 0.335 e. The lowest BCUT2D eigenvalue weighted by atomic mass is 9.85. The van der Waals surface area contributed by atoms with Gasteiger partial charge in [0.15, 0.2) is 5.82 Å². The minimum absolute atomic E-state index is 0.0156. The van der Waals surface area contributed by atoms with Crippen molar-refractivity contribution in [2.24, 2.45) is 5.41 Å². The lowest BCUT2D eigenvalue weighted by molar-refractivity contribution is -0.144. The first-order valence-electron chi connectivity index (χ1n) is 18.6. The van der Waals surface area contributed by atoms with Crippen LogP contribution in [-0.4, -0.2) is 116 Å². The normalized spacial score (nSPS) is 18.7. The highest BCUT2D eigenvalue weighted by Gasteiger charge is 2.45. The van der Waals surface area contributed by atoms with Crippen LogP contribution in [0.4, 0.5) is 11.5 Å². The maximum atomic E-state index is 14.2. The predicted molar refractivity (Wildman–Crippen MR) is 214 cm³/mol. The highest BCUT2D eigenvalue weighted by Crippen LogP contribution is 2.31. The molecule has 0 unspecified atom stereocenters. The molecule has 56 heavy (non-hydrogen) atoms.